The van der Waals surface area contributed by atoms with E-state index in [0.29, 0.717) is 35.8 Å². The maximum atomic E-state index is 10.5. The number of carbonyl (C=O) groups is 1. The number of carbonyl (C=O) groups excluding carboxylic acids is 1. The molecule has 1 aromatic rings. The van der Waals surface area contributed by atoms with Crippen LogP contribution in [0, 0.1) is 5.41 Å². The number of ether oxygens (including phenoxy) is 1. The molecule has 0 aliphatic heterocycles. The quantitative estimate of drug-likeness (QED) is 0.540. The van der Waals surface area contributed by atoms with Crippen LogP contribution in [-0.2, 0) is 0 Å². The van der Waals surface area contributed by atoms with Crippen molar-refractivity contribution < 1.29 is 14.9 Å². The molecule has 0 aliphatic rings. The normalized spacial score (nSPS) is 9.56. The molecule has 0 heterocycles. The molecule has 0 saturated carbocycles. The zero-order valence-electron chi connectivity index (χ0n) is 9.19. The minimum absolute atomic E-state index is 0.381. The van der Waals surface area contributed by atoms with Crippen molar-refractivity contribution in [3.05, 3.63) is 29.8 Å². The Morgan fingerprint density at radius 2 is 2.31 bits per heavy atom. The van der Waals surface area contributed by atoms with Crippen molar-refractivity contribution >= 4 is 17.7 Å². The first kappa shape index (κ1) is 12.1. The van der Waals surface area contributed by atoms with Crippen LogP contribution in [0.3, 0.4) is 0 Å². The summed E-state index contributed by atoms with van der Waals surface area (Å²) in [5, 5.41) is 12.9. The van der Waals surface area contributed by atoms with E-state index in [0.717, 1.165) is 6.29 Å². The molecule has 16 heavy (non-hydrogen) atoms. The van der Waals surface area contributed by atoms with Gasteiger partial charge in [0.05, 0.1) is 6.61 Å². The average Bonchev–Trinajstić information content (AvgIpc) is 2.29. The highest BCUT2D eigenvalue weighted by Crippen LogP contribution is 2.12. The summed E-state index contributed by atoms with van der Waals surface area (Å²) >= 11 is 0. The molecule has 0 amide bonds. The van der Waals surface area contributed by atoms with E-state index in [9.17, 15) is 4.79 Å². The van der Waals surface area contributed by atoms with Crippen LogP contribution in [0.15, 0.2) is 24.3 Å². The summed E-state index contributed by atoms with van der Waals surface area (Å²) in [6.07, 6.45) is 1.24. The van der Waals surface area contributed by atoms with Gasteiger partial charge in [0.2, 0.25) is 0 Å². The predicted molar refractivity (Wildman–Crippen MR) is 62.3 cm³/mol. The smallest absolute Gasteiger partial charge is 0.190 e. The number of hydrogen-bond acceptors (Lipinski definition) is 3. The molecule has 4 nitrogen and oxygen atoms in total. The van der Waals surface area contributed by atoms with Gasteiger partial charge in [0.1, 0.15) is 17.7 Å². The van der Waals surface area contributed by atoms with Crippen molar-refractivity contribution in [2.24, 2.45) is 0 Å². The summed E-state index contributed by atoms with van der Waals surface area (Å²) in [4.78, 5) is 10.5. The number of rotatable bonds is 6. The van der Waals surface area contributed by atoms with Gasteiger partial charge in [-0.1, -0.05) is 12.1 Å². The zero-order valence-corrected chi connectivity index (χ0v) is 9.19. The van der Waals surface area contributed by atoms with E-state index in [1.807, 2.05) is 0 Å². The molecular weight excluding hydrogens is 204 g/mol. The van der Waals surface area contributed by atoms with Crippen molar-refractivity contribution in [2.75, 3.05) is 6.61 Å². The maximum Gasteiger partial charge on any atom is 0.190 e. The minimum Gasteiger partial charge on any atom is -0.493 e. The minimum atomic E-state index is 0.381. The van der Waals surface area contributed by atoms with Crippen LogP contribution in [-0.4, -0.2) is 24.3 Å². The van der Waals surface area contributed by atoms with Gasteiger partial charge in [-0.05, 0) is 12.1 Å². The molecule has 0 spiro atoms. The van der Waals surface area contributed by atoms with Gasteiger partial charge < -0.3 is 4.74 Å². The van der Waals surface area contributed by atoms with Crippen molar-refractivity contribution in [3.63, 3.8) is 0 Å². The highest BCUT2D eigenvalue weighted by molar-refractivity contribution is 6.37. The Bertz CT molecular complexity index is 413. The number of hydrogen-bond donors (Lipinski definition) is 2. The lowest BCUT2D eigenvalue weighted by Crippen LogP contribution is -2.42. The van der Waals surface area contributed by atoms with Crippen molar-refractivity contribution in [1.82, 2.24) is 0 Å². The van der Waals surface area contributed by atoms with E-state index in [2.05, 4.69) is 0 Å². The first-order valence-electron chi connectivity index (χ1n) is 4.98. The number of benzene rings is 1. The largest absolute Gasteiger partial charge is 0.493 e. The third kappa shape index (κ3) is 3.65. The summed E-state index contributed by atoms with van der Waals surface area (Å²) in [5.74, 6) is 0.632. The van der Waals surface area contributed by atoms with E-state index in [1.54, 1.807) is 31.2 Å². The molecule has 1 rings (SSSR count). The Morgan fingerprint density at radius 3 is 2.94 bits per heavy atom. The summed E-state index contributed by atoms with van der Waals surface area (Å²) in [7, 11) is 0. The third-order valence-electron chi connectivity index (χ3n) is 2.09. The standard InChI is InChI=1S/C12H14N2O2/c1-9(13)12(14)5-6-16-11-4-2-3-10(7-11)8-15/h2-4,7-8,13-14H,5-6H2,1H3/p+1. The molecule has 3 N–H and O–H groups in total. The second-order valence-electron chi connectivity index (χ2n) is 3.45. The molecule has 0 atom stereocenters. The Labute approximate surface area is 94.3 Å². The average molecular weight is 219 g/mol. The summed E-state index contributed by atoms with van der Waals surface area (Å²) in [6, 6.07) is 6.90. The first-order chi connectivity index (χ1) is 7.63. The topological polar surface area (TPSA) is 75.7 Å². The molecular formula is C12H15N2O2+. The molecule has 0 aliphatic carbocycles. The van der Waals surface area contributed by atoms with E-state index in [4.69, 9.17) is 15.6 Å². The van der Waals surface area contributed by atoms with Gasteiger partial charge in [-0.25, -0.2) is 0 Å². The highest BCUT2D eigenvalue weighted by Gasteiger charge is 2.04. The van der Waals surface area contributed by atoms with Crippen molar-refractivity contribution in [1.29, 1.82) is 5.41 Å². The van der Waals surface area contributed by atoms with Gasteiger partial charge in [-0.15, -0.1) is 0 Å². The Balaban J connectivity index is 2.45. The lowest BCUT2D eigenvalue weighted by Gasteiger charge is -2.05. The third-order valence-corrected chi connectivity index (χ3v) is 2.09. The second kappa shape index (κ2) is 5.80. The Hall–Kier alpha value is -1.97. The maximum absolute atomic E-state index is 10.5. The summed E-state index contributed by atoms with van der Waals surface area (Å²) < 4.78 is 5.40. The second-order valence-corrected chi connectivity index (χ2v) is 3.45. The molecule has 0 fully saturated rings. The van der Waals surface area contributed by atoms with Crippen molar-refractivity contribution in [2.45, 2.75) is 13.3 Å². The van der Waals surface area contributed by atoms with Crippen LogP contribution in [0.1, 0.15) is 23.7 Å². The van der Waals surface area contributed by atoms with Crippen LogP contribution in [0.4, 0.5) is 0 Å². The van der Waals surface area contributed by atoms with Gasteiger partial charge in [0, 0.05) is 18.9 Å². The van der Waals surface area contributed by atoms with Gasteiger partial charge in [-0.3, -0.25) is 15.6 Å². The van der Waals surface area contributed by atoms with Crippen LogP contribution in [0.2, 0.25) is 0 Å². The van der Waals surface area contributed by atoms with E-state index in [1.165, 1.54) is 0 Å². The molecule has 4 heteroatoms. The fraction of sp³-hybridized carbons (Fsp3) is 0.250. The first-order valence-corrected chi connectivity index (χ1v) is 4.98. The lowest BCUT2D eigenvalue weighted by atomic mass is 10.2. The zero-order chi connectivity index (χ0) is 12.0. The molecule has 0 aromatic heterocycles. The number of aldehydes is 1. The highest BCUT2D eigenvalue weighted by atomic mass is 16.5. The molecule has 84 valence electrons. The lowest BCUT2D eigenvalue weighted by molar-refractivity contribution is -0.111. The van der Waals surface area contributed by atoms with Crippen LogP contribution >= 0.6 is 0 Å². The monoisotopic (exact) mass is 219 g/mol. The fourth-order valence-electron chi connectivity index (χ4n) is 1.15. The van der Waals surface area contributed by atoms with E-state index >= 15 is 0 Å². The molecule has 0 unspecified atom stereocenters. The number of nitrogens with one attached hydrogen (secondary N) is 1. The van der Waals surface area contributed by atoms with Crippen LogP contribution < -0.4 is 10.1 Å². The van der Waals surface area contributed by atoms with Crippen LogP contribution in [0.5, 0.6) is 5.75 Å². The summed E-state index contributed by atoms with van der Waals surface area (Å²) in [5.41, 5.74) is 1.46. The Morgan fingerprint density at radius 1 is 1.56 bits per heavy atom. The molecule has 0 radical (unpaired) electrons. The van der Waals surface area contributed by atoms with Crippen LogP contribution in [0.25, 0.3) is 0 Å². The van der Waals surface area contributed by atoms with Gasteiger partial charge in [0.25, 0.3) is 0 Å². The van der Waals surface area contributed by atoms with Gasteiger partial charge in [0.15, 0.2) is 5.71 Å². The molecule has 1 aromatic carbocycles. The summed E-state index contributed by atoms with van der Waals surface area (Å²) in [6.45, 7) is 2.07. The van der Waals surface area contributed by atoms with Crippen molar-refractivity contribution in [3.8, 4) is 5.75 Å². The number of nitrogens with two attached hydrogens (primary N) is 1. The van der Waals surface area contributed by atoms with E-state index < -0.39 is 0 Å². The van der Waals surface area contributed by atoms with Gasteiger partial charge >= 0.3 is 0 Å². The molecule has 0 saturated heterocycles. The van der Waals surface area contributed by atoms with Gasteiger partial charge in [-0.2, -0.15) is 0 Å². The Kier molecular flexibility index (Phi) is 4.39. The SMILES string of the molecule is CC(=[NH2+])C(=N)CCOc1cccc(C=O)c1. The fourth-order valence-corrected chi connectivity index (χ4v) is 1.15. The van der Waals surface area contributed by atoms with E-state index in [-0.39, 0.29) is 0 Å². The molecule has 0 bridgehead atoms. The predicted octanol–water partition coefficient (Wildman–Crippen LogP) is 0.508.